The largest absolute Gasteiger partial charge is 0.496 e. The van der Waals surface area contributed by atoms with Gasteiger partial charge in [0.2, 0.25) is 0 Å². The van der Waals surface area contributed by atoms with E-state index in [-0.39, 0.29) is 59.8 Å². The van der Waals surface area contributed by atoms with Crippen LogP contribution >= 0.6 is 11.6 Å². The van der Waals surface area contributed by atoms with Crippen molar-refractivity contribution < 1.29 is 31.8 Å². The fourth-order valence-electron chi connectivity index (χ4n) is 4.23. The molecule has 0 aliphatic carbocycles. The van der Waals surface area contributed by atoms with E-state index in [2.05, 4.69) is 9.97 Å². The third-order valence-electron chi connectivity index (χ3n) is 5.82. The molecule has 0 saturated carbocycles. The number of piperazine rings is 1. The Morgan fingerprint density at radius 3 is 2.35 bits per heavy atom. The minimum Gasteiger partial charge on any atom is -0.496 e. The highest BCUT2D eigenvalue weighted by Gasteiger charge is 2.40. The van der Waals surface area contributed by atoms with Crippen LogP contribution in [0.3, 0.4) is 0 Å². The highest BCUT2D eigenvalue weighted by molar-refractivity contribution is 6.35. The summed E-state index contributed by atoms with van der Waals surface area (Å²) in [6, 6.07) is 5.23. The summed E-state index contributed by atoms with van der Waals surface area (Å²) in [6.07, 6.45) is -4.25. The Morgan fingerprint density at radius 1 is 1.08 bits per heavy atom. The number of hydrogen-bond acceptors (Lipinski definition) is 6. The molecule has 3 aromatic rings. The van der Waals surface area contributed by atoms with Crippen LogP contribution in [0.5, 0.6) is 5.75 Å². The first-order valence-corrected chi connectivity index (χ1v) is 11.8. The van der Waals surface area contributed by atoms with E-state index >= 15 is 0 Å². The first-order valence-electron chi connectivity index (χ1n) is 11.4. The molecule has 0 spiro atoms. The molecule has 2 aromatic carbocycles. The highest BCUT2D eigenvalue weighted by atomic mass is 35.5. The van der Waals surface area contributed by atoms with Crippen LogP contribution in [-0.4, -0.2) is 59.9 Å². The second kappa shape index (κ2) is 9.85. The molecule has 1 aliphatic heterocycles. The van der Waals surface area contributed by atoms with E-state index in [4.69, 9.17) is 21.1 Å². The lowest BCUT2D eigenvalue weighted by Crippen LogP contribution is -2.50. The first kappa shape index (κ1) is 26.7. The van der Waals surface area contributed by atoms with Crippen molar-refractivity contribution in [1.82, 2.24) is 14.9 Å². The number of carbonyl (C=O) groups excluding carboxylic acids is 1. The molecular formula is C25H25ClF4N4O3. The van der Waals surface area contributed by atoms with Crippen molar-refractivity contribution in [3.8, 4) is 16.9 Å². The van der Waals surface area contributed by atoms with Gasteiger partial charge < -0.3 is 19.3 Å². The molecule has 0 unspecified atom stereocenters. The number of halogens is 5. The Balaban J connectivity index is 1.81. The predicted molar refractivity (Wildman–Crippen MR) is 132 cm³/mol. The summed E-state index contributed by atoms with van der Waals surface area (Å²) in [7, 11) is 1.29. The van der Waals surface area contributed by atoms with Crippen LogP contribution in [0.2, 0.25) is 5.02 Å². The molecule has 0 bridgehead atoms. The third-order valence-corrected chi connectivity index (χ3v) is 6.22. The van der Waals surface area contributed by atoms with E-state index < -0.39 is 34.3 Å². The maximum atomic E-state index is 14.8. The summed E-state index contributed by atoms with van der Waals surface area (Å²) in [4.78, 5) is 23.7. The number of anilines is 1. The minimum absolute atomic E-state index is 0.0233. The second-order valence-corrected chi connectivity index (χ2v) is 9.85. The van der Waals surface area contributed by atoms with Gasteiger partial charge in [0.15, 0.2) is 0 Å². The van der Waals surface area contributed by atoms with Crippen LogP contribution in [0.25, 0.3) is 22.0 Å². The predicted octanol–water partition coefficient (Wildman–Crippen LogP) is 6.17. The van der Waals surface area contributed by atoms with Crippen molar-refractivity contribution in [3.63, 3.8) is 0 Å². The van der Waals surface area contributed by atoms with Crippen molar-refractivity contribution in [2.75, 3.05) is 38.2 Å². The Labute approximate surface area is 215 Å². The van der Waals surface area contributed by atoms with Gasteiger partial charge in [0, 0.05) is 31.7 Å². The maximum Gasteiger partial charge on any atom is 0.418 e. The number of alkyl halides is 3. The first-order chi connectivity index (χ1) is 17.3. The van der Waals surface area contributed by atoms with Gasteiger partial charge in [0.1, 0.15) is 29.3 Å². The van der Waals surface area contributed by atoms with Crippen molar-refractivity contribution in [2.45, 2.75) is 32.5 Å². The zero-order valence-corrected chi connectivity index (χ0v) is 21.4. The number of ether oxygens (including phenoxy) is 2. The molecule has 0 radical (unpaired) electrons. The fraction of sp³-hybridized carbons (Fsp3) is 0.400. The lowest BCUT2D eigenvalue weighted by atomic mass is 9.97. The third kappa shape index (κ3) is 5.36. The molecular weight excluding hydrogens is 516 g/mol. The van der Waals surface area contributed by atoms with Crippen molar-refractivity contribution in [2.24, 2.45) is 0 Å². The van der Waals surface area contributed by atoms with Crippen molar-refractivity contribution >= 4 is 34.4 Å². The van der Waals surface area contributed by atoms with E-state index in [1.165, 1.54) is 30.2 Å². The van der Waals surface area contributed by atoms with Gasteiger partial charge in [-0.3, -0.25) is 0 Å². The molecule has 0 N–H and O–H groups in total. The molecule has 1 aliphatic rings. The van der Waals surface area contributed by atoms with Gasteiger partial charge in [-0.15, -0.1) is 0 Å². The normalized spacial score (nSPS) is 14.7. The molecule has 1 fully saturated rings. The molecule has 7 nitrogen and oxygen atoms in total. The van der Waals surface area contributed by atoms with E-state index in [1.54, 1.807) is 25.7 Å². The van der Waals surface area contributed by atoms with Crippen LogP contribution in [0, 0.1) is 5.82 Å². The molecule has 1 saturated heterocycles. The van der Waals surface area contributed by atoms with Gasteiger partial charge in [-0.1, -0.05) is 17.7 Å². The molecule has 0 atom stereocenters. The Morgan fingerprint density at radius 2 is 1.76 bits per heavy atom. The van der Waals surface area contributed by atoms with E-state index in [0.29, 0.717) is 0 Å². The molecule has 2 heterocycles. The molecule has 1 amide bonds. The number of amides is 1. The summed E-state index contributed by atoms with van der Waals surface area (Å²) < 4.78 is 68.8. The van der Waals surface area contributed by atoms with Gasteiger partial charge in [0.05, 0.1) is 34.2 Å². The summed E-state index contributed by atoms with van der Waals surface area (Å²) in [6.45, 7) is 6.12. The van der Waals surface area contributed by atoms with E-state index in [9.17, 15) is 22.4 Å². The summed E-state index contributed by atoms with van der Waals surface area (Å²) in [5, 5.41) is -0.989. The number of nitrogens with zero attached hydrogens (tertiary/aromatic N) is 4. The Kier molecular flexibility index (Phi) is 7.11. The van der Waals surface area contributed by atoms with E-state index in [1.807, 2.05) is 0 Å². The van der Waals surface area contributed by atoms with Crippen LogP contribution in [0.15, 0.2) is 30.6 Å². The van der Waals surface area contributed by atoms with Crippen LogP contribution in [-0.2, 0) is 10.9 Å². The quantitative estimate of drug-likeness (QED) is 0.370. The molecule has 4 rings (SSSR count). The van der Waals surface area contributed by atoms with Gasteiger partial charge in [-0.2, -0.15) is 13.2 Å². The number of methoxy groups -OCH3 is 1. The van der Waals surface area contributed by atoms with Gasteiger partial charge >= 0.3 is 12.3 Å². The van der Waals surface area contributed by atoms with E-state index in [0.717, 1.165) is 12.4 Å². The van der Waals surface area contributed by atoms with Gasteiger partial charge in [0.25, 0.3) is 0 Å². The molecule has 37 heavy (non-hydrogen) atoms. The number of aromatic nitrogens is 2. The molecule has 198 valence electrons. The summed E-state index contributed by atoms with van der Waals surface area (Å²) >= 11 is 6.36. The molecule has 1 aromatic heterocycles. The second-order valence-electron chi connectivity index (χ2n) is 9.47. The number of benzene rings is 2. The Hall–Kier alpha value is -3.34. The smallest absolute Gasteiger partial charge is 0.418 e. The number of fused-ring (bicyclic) bond motifs is 1. The van der Waals surface area contributed by atoms with Crippen LogP contribution < -0.4 is 9.64 Å². The fourth-order valence-corrected chi connectivity index (χ4v) is 4.58. The standard InChI is InChI=1S/C25H25ClF4N4O3/c1-24(2,3)37-23(35)34-10-8-33(9-11-34)22-19-16(31-13-32-22)12-14(21(26)20(19)25(28,29)30)18-15(27)6-5-7-17(18)36-4/h5-7,12-13H,8-11H2,1-4H3. The SMILES string of the molecule is COc1cccc(F)c1-c1cc2ncnc(N3CCN(C(=O)OC(C)(C)C)CC3)c2c(C(F)(F)F)c1Cl. The van der Waals surface area contributed by atoms with Crippen LogP contribution in [0.4, 0.5) is 28.2 Å². The zero-order chi connectivity index (χ0) is 27.1. The number of carbonyl (C=O) groups is 1. The maximum absolute atomic E-state index is 14.8. The summed E-state index contributed by atoms with van der Waals surface area (Å²) in [5.41, 5.74) is -2.30. The average Bonchev–Trinajstić information content (AvgIpc) is 2.81. The monoisotopic (exact) mass is 540 g/mol. The minimum atomic E-state index is -4.90. The lowest BCUT2D eigenvalue weighted by molar-refractivity contribution is -0.136. The zero-order valence-electron chi connectivity index (χ0n) is 20.6. The van der Waals surface area contributed by atoms with Gasteiger partial charge in [-0.25, -0.2) is 19.2 Å². The number of rotatable bonds is 3. The average molecular weight is 541 g/mol. The van der Waals surface area contributed by atoms with Crippen molar-refractivity contribution in [3.05, 3.63) is 47.0 Å². The van der Waals surface area contributed by atoms with Gasteiger partial charge in [-0.05, 0) is 39.0 Å². The molecule has 12 heteroatoms. The Bertz CT molecular complexity index is 1340. The highest BCUT2D eigenvalue weighted by Crippen LogP contribution is 2.48. The lowest BCUT2D eigenvalue weighted by Gasteiger charge is -2.36. The summed E-state index contributed by atoms with van der Waals surface area (Å²) in [5.74, 6) is -0.738. The van der Waals surface area contributed by atoms with Crippen molar-refractivity contribution in [1.29, 1.82) is 0 Å². The number of hydrogen-bond donors (Lipinski definition) is 0. The topological polar surface area (TPSA) is 67.8 Å². The van der Waals surface area contributed by atoms with Crippen LogP contribution in [0.1, 0.15) is 26.3 Å².